The van der Waals surface area contributed by atoms with Crippen LogP contribution in [-0.2, 0) is 6.54 Å². The van der Waals surface area contributed by atoms with Crippen LogP contribution in [0.2, 0.25) is 0 Å². The Bertz CT molecular complexity index is 1840. The van der Waals surface area contributed by atoms with Crippen LogP contribution in [0.1, 0.15) is 29.7 Å². The molecule has 0 unspecified atom stereocenters. The molecule has 1 heterocycles. The van der Waals surface area contributed by atoms with E-state index in [9.17, 15) is 0 Å². The lowest BCUT2D eigenvalue weighted by atomic mass is 10.1. The largest absolute Gasteiger partial charge is 0.496 e. The summed E-state index contributed by atoms with van der Waals surface area (Å²) in [6.07, 6.45) is 22.6. The average molecular weight is 837 g/mol. The van der Waals surface area contributed by atoms with Crippen molar-refractivity contribution in [3.8, 4) is 34.5 Å². The SMILES string of the molecule is COc1cc(OC)c(OC)cc1/C=C/C=C/C=C\C=[NH+]CCC[N+](C)(C)CCSSCC[N+](C)(C)CCC[n+]1ccccc1/C=C/c1cc(OC)c(OC)cc1OC. The van der Waals surface area contributed by atoms with Gasteiger partial charge in [0.25, 0.3) is 0 Å². The Morgan fingerprint density at radius 2 is 1.05 bits per heavy atom. The van der Waals surface area contributed by atoms with Gasteiger partial charge in [0.05, 0.1) is 121 Å². The molecule has 3 rings (SSSR count). The van der Waals surface area contributed by atoms with Gasteiger partial charge in [-0.05, 0) is 24.3 Å². The first-order valence-corrected chi connectivity index (χ1v) is 22.2. The van der Waals surface area contributed by atoms with Crippen molar-refractivity contribution in [2.24, 2.45) is 0 Å². The first-order valence-electron chi connectivity index (χ1n) is 19.7. The van der Waals surface area contributed by atoms with Crippen LogP contribution in [0.25, 0.3) is 18.2 Å². The molecule has 58 heavy (non-hydrogen) atoms. The second-order valence-electron chi connectivity index (χ2n) is 14.9. The molecule has 0 radical (unpaired) electrons. The smallest absolute Gasteiger partial charge is 0.205 e. The molecule has 0 aliphatic rings. The molecule has 0 amide bonds. The fourth-order valence-electron chi connectivity index (χ4n) is 6.13. The van der Waals surface area contributed by atoms with Gasteiger partial charge in [0, 0.05) is 47.5 Å². The molecule has 316 valence electrons. The standard InChI is InChI=1S/C46H67N4O6S2/c1-49(2,28-18-25-47-24-16-13-11-12-14-20-38-34-43(53-7)45(55-9)36-41(38)51-5)30-32-57-58-33-31-50(3,4)29-19-27-48-26-17-15-21-40(48)23-22-39-35-44(54-8)46(56-10)37-42(39)52-6/h11-17,20-24,26,34-37H,18-19,25,27-33H2,1-10H3/q+3/p+1/b12-11+,16-13-,20-14+,23-22+,47-24?. The highest BCUT2D eigenvalue weighted by Gasteiger charge is 2.19. The highest BCUT2D eigenvalue weighted by atomic mass is 33.1. The third kappa shape index (κ3) is 16.9. The third-order valence-corrected chi connectivity index (χ3v) is 12.1. The molecule has 10 nitrogen and oxygen atoms in total. The normalized spacial score (nSPS) is 12.4. The minimum absolute atomic E-state index is 0.641. The number of pyridine rings is 1. The minimum atomic E-state index is 0.641. The van der Waals surface area contributed by atoms with Crippen molar-refractivity contribution in [1.82, 2.24) is 0 Å². The molecular formula is C46H68N4O6S2+4. The van der Waals surface area contributed by atoms with Crippen molar-refractivity contribution in [1.29, 1.82) is 0 Å². The molecule has 0 aliphatic carbocycles. The maximum Gasteiger partial charge on any atom is 0.205 e. The Morgan fingerprint density at radius 1 is 0.552 bits per heavy atom. The van der Waals surface area contributed by atoms with Crippen LogP contribution in [0.15, 0.2) is 79.0 Å². The Morgan fingerprint density at radius 3 is 1.62 bits per heavy atom. The van der Waals surface area contributed by atoms with Gasteiger partial charge in [-0.2, -0.15) is 4.57 Å². The molecule has 0 saturated heterocycles. The van der Waals surface area contributed by atoms with Gasteiger partial charge in [0.15, 0.2) is 42.0 Å². The lowest BCUT2D eigenvalue weighted by molar-refractivity contribution is -0.890. The van der Waals surface area contributed by atoms with E-state index in [4.69, 9.17) is 28.4 Å². The molecule has 2 aromatic carbocycles. The summed E-state index contributed by atoms with van der Waals surface area (Å²) < 4.78 is 37.2. The minimum Gasteiger partial charge on any atom is -0.496 e. The lowest BCUT2D eigenvalue weighted by Crippen LogP contribution is -2.69. The fraction of sp³-hybridized carbons (Fsp3) is 0.435. The number of quaternary nitrogens is 2. The number of ether oxygens (including phenoxy) is 6. The summed E-state index contributed by atoms with van der Waals surface area (Å²) in [5, 5.41) is 0. The van der Waals surface area contributed by atoms with E-state index in [1.807, 2.05) is 88.5 Å². The van der Waals surface area contributed by atoms with Crippen LogP contribution < -0.4 is 38.0 Å². The summed E-state index contributed by atoms with van der Waals surface area (Å²) in [7, 11) is 23.2. The summed E-state index contributed by atoms with van der Waals surface area (Å²) in [5.41, 5.74) is 2.99. The maximum atomic E-state index is 5.62. The van der Waals surface area contributed by atoms with Gasteiger partial charge in [-0.1, -0.05) is 52.0 Å². The predicted octanol–water partition coefficient (Wildman–Crippen LogP) is 6.49. The average Bonchev–Trinajstić information content (AvgIpc) is 3.22. The number of rotatable bonds is 27. The number of nitrogens with one attached hydrogen (secondary N) is 1. The molecule has 0 spiro atoms. The Labute approximate surface area is 356 Å². The number of methoxy groups -OCH3 is 6. The molecule has 0 atom stereocenters. The molecule has 0 fully saturated rings. The van der Waals surface area contributed by atoms with Crippen molar-refractivity contribution in [3.05, 3.63) is 95.9 Å². The number of hydrogen-bond acceptors (Lipinski definition) is 8. The highest BCUT2D eigenvalue weighted by Crippen LogP contribution is 2.36. The van der Waals surface area contributed by atoms with Gasteiger partial charge >= 0.3 is 0 Å². The van der Waals surface area contributed by atoms with Gasteiger partial charge < -0.3 is 37.4 Å². The lowest BCUT2D eigenvalue weighted by Gasteiger charge is -2.30. The molecule has 0 bridgehead atoms. The monoisotopic (exact) mass is 836 g/mol. The Balaban J connectivity index is 1.30. The van der Waals surface area contributed by atoms with Gasteiger partial charge in [0.2, 0.25) is 5.69 Å². The van der Waals surface area contributed by atoms with Gasteiger partial charge in [0.1, 0.15) is 18.0 Å². The predicted molar refractivity (Wildman–Crippen MR) is 245 cm³/mol. The van der Waals surface area contributed by atoms with E-state index in [1.165, 1.54) is 0 Å². The number of aromatic nitrogens is 1. The summed E-state index contributed by atoms with van der Waals surface area (Å²) in [4.78, 5) is 3.42. The van der Waals surface area contributed by atoms with E-state index >= 15 is 0 Å². The third-order valence-electron chi connectivity index (χ3n) is 9.71. The molecule has 0 aliphatic heterocycles. The van der Waals surface area contributed by atoms with Crippen molar-refractivity contribution in [2.45, 2.75) is 19.4 Å². The summed E-state index contributed by atoms with van der Waals surface area (Å²) in [6, 6.07) is 13.9. The molecule has 3 aromatic rings. The number of hydrogen-bond donors (Lipinski definition) is 1. The second-order valence-corrected chi connectivity index (χ2v) is 17.6. The van der Waals surface area contributed by atoms with Crippen LogP contribution in [-0.4, -0.2) is 130 Å². The van der Waals surface area contributed by atoms with Crippen LogP contribution in [0.3, 0.4) is 0 Å². The van der Waals surface area contributed by atoms with E-state index in [0.717, 1.165) is 101 Å². The highest BCUT2D eigenvalue weighted by molar-refractivity contribution is 8.76. The maximum absolute atomic E-state index is 5.62. The molecule has 1 N–H and O–H groups in total. The van der Waals surface area contributed by atoms with E-state index in [1.54, 1.807) is 42.7 Å². The zero-order valence-electron chi connectivity index (χ0n) is 36.5. The molecular weight excluding hydrogens is 769 g/mol. The second kappa shape index (κ2) is 25.9. The van der Waals surface area contributed by atoms with Crippen LogP contribution >= 0.6 is 21.6 Å². The topological polar surface area (TPSA) is 73.2 Å². The van der Waals surface area contributed by atoms with Crippen molar-refractivity contribution >= 4 is 46.0 Å². The van der Waals surface area contributed by atoms with Crippen LogP contribution in [0, 0.1) is 0 Å². The zero-order valence-corrected chi connectivity index (χ0v) is 38.1. The number of aryl methyl sites for hydroxylation is 1. The van der Waals surface area contributed by atoms with Crippen molar-refractivity contribution < 1.29 is 46.9 Å². The van der Waals surface area contributed by atoms with Crippen LogP contribution in [0.4, 0.5) is 0 Å². The van der Waals surface area contributed by atoms with Crippen molar-refractivity contribution in [3.63, 3.8) is 0 Å². The number of benzene rings is 2. The van der Waals surface area contributed by atoms with E-state index in [0.29, 0.717) is 23.0 Å². The van der Waals surface area contributed by atoms with Crippen LogP contribution in [0.5, 0.6) is 34.5 Å². The van der Waals surface area contributed by atoms with Gasteiger partial charge in [-0.3, -0.25) is 0 Å². The first kappa shape index (κ1) is 48.0. The van der Waals surface area contributed by atoms with Crippen molar-refractivity contribution in [2.75, 3.05) is 115 Å². The fourth-order valence-corrected chi connectivity index (χ4v) is 8.66. The summed E-state index contributed by atoms with van der Waals surface area (Å²) in [6.45, 7) is 6.50. The van der Waals surface area contributed by atoms with Gasteiger partial charge in [-0.25, -0.2) is 4.99 Å². The van der Waals surface area contributed by atoms with E-state index in [-0.39, 0.29) is 0 Å². The summed E-state index contributed by atoms with van der Waals surface area (Å²) >= 11 is 0. The zero-order chi connectivity index (χ0) is 42.2. The molecule has 1 aromatic heterocycles. The Hall–Kier alpha value is -4.36. The van der Waals surface area contributed by atoms with E-state index < -0.39 is 0 Å². The Kier molecular flexibility index (Phi) is 21.4. The van der Waals surface area contributed by atoms with Gasteiger partial charge in [-0.15, -0.1) is 0 Å². The molecule has 12 heteroatoms. The molecule has 0 saturated carbocycles. The first-order chi connectivity index (χ1) is 28.0. The number of allylic oxidation sites excluding steroid dienone is 5. The quantitative estimate of drug-likeness (QED) is 0.0234. The van der Waals surface area contributed by atoms with E-state index in [2.05, 4.69) is 74.3 Å². The number of nitrogens with zero attached hydrogens (tertiary/aromatic N) is 3. The summed E-state index contributed by atoms with van der Waals surface area (Å²) in [5.74, 6) is 6.40.